The van der Waals surface area contributed by atoms with Gasteiger partial charge in [0.15, 0.2) is 0 Å². The molecule has 2 aromatic heterocycles. The predicted molar refractivity (Wildman–Crippen MR) is 118 cm³/mol. The van der Waals surface area contributed by atoms with E-state index < -0.39 is 5.97 Å². The monoisotopic (exact) mass is 415 g/mol. The lowest BCUT2D eigenvalue weighted by molar-refractivity contribution is 0.0533. The summed E-state index contributed by atoms with van der Waals surface area (Å²) in [6, 6.07) is 21.5. The van der Waals surface area contributed by atoms with Crippen molar-refractivity contribution in [1.29, 1.82) is 5.26 Å². The quantitative estimate of drug-likeness (QED) is 0.471. The summed E-state index contributed by atoms with van der Waals surface area (Å²) in [7, 11) is 0. The maximum Gasteiger partial charge on any atom is 0.350 e. The van der Waals surface area contributed by atoms with Crippen molar-refractivity contribution in [3.05, 3.63) is 87.5 Å². The number of nitrogens with zero attached hydrogens (tertiary/aromatic N) is 2. The summed E-state index contributed by atoms with van der Waals surface area (Å²) in [5.74, 6) is -0.468. The lowest BCUT2D eigenvalue weighted by atomic mass is 10.2. The van der Waals surface area contributed by atoms with Crippen LogP contribution in [-0.4, -0.2) is 17.1 Å². The standard InChI is InChI=1S/C23H17N3O3S/c1-2-29-23(28)21-20(25-16-8-6-7-15(13-16)14-24)18-11-12-19(27)26(22(18)30-21)17-9-4-3-5-10-17/h3-13,25H,2H2,1H3. The average Bonchev–Trinajstić information content (AvgIpc) is 3.13. The first kappa shape index (κ1) is 19.4. The van der Waals surface area contributed by atoms with Crippen LogP contribution >= 0.6 is 11.3 Å². The summed E-state index contributed by atoms with van der Waals surface area (Å²) in [4.78, 5) is 26.4. The van der Waals surface area contributed by atoms with E-state index in [-0.39, 0.29) is 12.2 Å². The zero-order valence-corrected chi connectivity index (χ0v) is 16.9. The molecular formula is C23H17N3O3S. The van der Waals surface area contributed by atoms with Crippen LogP contribution in [0.5, 0.6) is 0 Å². The molecule has 0 radical (unpaired) electrons. The third-order valence-corrected chi connectivity index (χ3v) is 5.65. The van der Waals surface area contributed by atoms with Gasteiger partial charge in [-0.3, -0.25) is 9.36 Å². The summed E-state index contributed by atoms with van der Waals surface area (Å²) in [5, 5.41) is 13.1. The number of hydrogen-bond donors (Lipinski definition) is 1. The molecule has 30 heavy (non-hydrogen) atoms. The minimum absolute atomic E-state index is 0.191. The van der Waals surface area contributed by atoms with Crippen LogP contribution in [0.25, 0.3) is 15.9 Å². The third-order valence-electron chi connectivity index (χ3n) is 4.48. The van der Waals surface area contributed by atoms with E-state index in [1.54, 1.807) is 35.8 Å². The number of thiophene rings is 1. The van der Waals surface area contributed by atoms with Gasteiger partial charge in [-0.05, 0) is 43.3 Å². The summed E-state index contributed by atoms with van der Waals surface area (Å²) in [6.07, 6.45) is 0. The van der Waals surface area contributed by atoms with Gasteiger partial charge >= 0.3 is 5.97 Å². The van der Waals surface area contributed by atoms with Gasteiger partial charge < -0.3 is 10.1 Å². The Balaban J connectivity index is 1.95. The van der Waals surface area contributed by atoms with Crippen molar-refractivity contribution < 1.29 is 9.53 Å². The van der Waals surface area contributed by atoms with Gasteiger partial charge in [0, 0.05) is 17.1 Å². The first-order valence-electron chi connectivity index (χ1n) is 9.30. The maximum absolute atomic E-state index is 12.7. The predicted octanol–water partition coefficient (Wildman–Crippen LogP) is 4.84. The molecule has 1 N–H and O–H groups in total. The van der Waals surface area contributed by atoms with Crippen molar-refractivity contribution in [1.82, 2.24) is 4.57 Å². The Morgan fingerprint density at radius 1 is 1.13 bits per heavy atom. The van der Waals surface area contributed by atoms with Gasteiger partial charge in [0.2, 0.25) is 0 Å². The lowest BCUT2D eigenvalue weighted by Gasteiger charge is -2.09. The lowest BCUT2D eigenvalue weighted by Crippen LogP contribution is -2.16. The highest BCUT2D eigenvalue weighted by Gasteiger charge is 2.22. The Bertz CT molecular complexity index is 1330. The van der Waals surface area contributed by atoms with E-state index in [0.29, 0.717) is 37.7 Å². The maximum atomic E-state index is 12.7. The number of aromatic nitrogens is 1. The van der Waals surface area contributed by atoms with Crippen LogP contribution in [0.2, 0.25) is 0 Å². The Morgan fingerprint density at radius 2 is 1.93 bits per heavy atom. The summed E-state index contributed by atoms with van der Waals surface area (Å²) < 4.78 is 6.83. The molecule has 4 rings (SSSR count). The SMILES string of the molecule is CCOC(=O)c1sc2c(ccc(=O)n2-c2ccccc2)c1Nc1cccc(C#N)c1. The highest BCUT2D eigenvalue weighted by molar-refractivity contribution is 7.21. The Kier molecular flexibility index (Phi) is 5.33. The number of ether oxygens (including phenoxy) is 1. The molecule has 0 aliphatic heterocycles. The van der Waals surface area contributed by atoms with Gasteiger partial charge in [-0.1, -0.05) is 24.3 Å². The van der Waals surface area contributed by atoms with E-state index in [4.69, 9.17) is 4.74 Å². The fraction of sp³-hybridized carbons (Fsp3) is 0.0870. The number of pyridine rings is 1. The van der Waals surface area contributed by atoms with Crippen molar-refractivity contribution in [3.63, 3.8) is 0 Å². The van der Waals surface area contributed by atoms with E-state index in [1.807, 2.05) is 36.4 Å². The minimum Gasteiger partial charge on any atom is -0.462 e. The first-order chi connectivity index (χ1) is 14.6. The molecule has 0 atom stereocenters. The molecule has 2 aromatic carbocycles. The van der Waals surface area contributed by atoms with Gasteiger partial charge in [-0.25, -0.2) is 4.79 Å². The summed E-state index contributed by atoms with van der Waals surface area (Å²) in [6.45, 7) is 1.98. The Hall–Kier alpha value is -3.89. The topological polar surface area (TPSA) is 84.1 Å². The molecule has 4 aromatic rings. The van der Waals surface area contributed by atoms with Crippen molar-refractivity contribution in [2.24, 2.45) is 0 Å². The number of nitrogens with one attached hydrogen (secondary N) is 1. The number of esters is 1. The van der Waals surface area contributed by atoms with Gasteiger partial charge in [-0.15, -0.1) is 11.3 Å². The van der Waals surface area contributed by atoms with Gasteiger partial charge in [0.25, 0.3) is 5.56 Å². The normalized spacial score (nSPS) is 10.5. The highest BCUT2D eigenvalue weighted by Crippen LogP contribution is 2.38. The number of rotatable bonds is 5. The van der Waals surface area contributed by atoms with Crippen LogP contribution < -0.4 is 10.9 Å². The van der Waals surface area contributed by atoms with Gasteiger partial charge in [-0.2, -0.15) is 5.26 Å². The van der Waals surface area contributed by atoms with Crippen molar-refractivity contribution in [3.8, 4) is 11.8 Å². The van der Waals surface area contributed by atoms with Crippen LogP contribution in [0.4, 0.5) is 11.4 Å². The number of anilines is 2. The van der Waals surface area contributed by atoms with Crippen LogP contribution in [0.3, 0.4) is 0 Å². The van der Waals surface area contributed by atoms with E-state index >= 15 is 0 Å². The van der Waals surface area contributed by atoms with Crippen molar-refractivity contribution in [2.45, 2.75) is 6.92 Å². The first-order valence-corrected chi connectivity index (χ1v) is 10.1. The molecule has 0 amide bonds. The fourth-order valence-electron chi connectivity index (χ4n) is 3.18. The van der Waals surface area contributed by atoms with E-state index in [2.05, 4.69) is 11.4 Å². The second-order valence-corrected chi connectivity index (χ2v) is 7.40. The number of para-hydroxylation sites is 1. The second-order valence-electron chi connectivity index (χ2n) is 6.41. The molecule has 7 heteroatoms. The van der Waals surface area contributed by atoms with Crippen LogP contribution in [-0.2, 0) is 4.74 Å². The van der Waals surface area contributed by atoms with E-state index in [9.17, 15) is 14.9 Å². The number of carbonyl (C=O) groups excluding carboxylic acids is 1. The second kappa shape index (κ2) is 8.23. The van der Waals surface area contributed by atoms with Crippen LogP contribution in [0, 0.1) is 11.3 Å². The molecule has 0 fully saturated rings. The summed E-state index contributed by atoms with van der Waals surface area (Å²) in [5.41, 5.74) is 2.23. The molecule has 0 saturated heterocycles. The zero-order chi connectivity index (χ0) is 21.1. The third kappa shape index (κ3) is 3.56. The smallest absolute Gasteiger partial charge is 0.350 e. The van der Waals surface area contributed by atoms with Crippen molar-refractivity contribution >= 4 is 38.9 Å². The number of fused-ring (bicyclic) bond motifs is 1. The Labute approximate surface area is 176 Å². The van der Waals surface area contributed by atoms with Crippen LogP contribution in [0.1, 0.15) is 22.2 Å². The molecule has 0 spiro atoms. The number of carbonyl (C=O) groups is 1. The number of nitriles is 1. The molecular weight excluding hydrogens is 398 g/mol. The number of benzene rings is 2. The minimum atomic E-state index is -0.468. The molecule has 148 valence electrons. The number of hydrogen-bond acceptors (Lipinski definition) is 6. The molecule has 6 nitrogen and oxygen atoms in total. The molecule has 0 aliphatic carbocycles. The largest absolute Gasteiger partial charge is 0.462 e. The average molecular weight is 415 g/mol. The zero-order valence-electron chi connectivity index (χ0n) is 16.1. The van der Waals surface area contributed by atoms with Crippen LogP contribution in [0.15, 0.2) is 71.5 Å². The molecule has 0 saturated carbocycles. The molecule has 0 aliphatic rings. The van der Waals surface area contributed by atoms with E-state index in [0.717, 1.165) is 0 Å². The molecule has 0 bridgehead atoms. The van der Waals surface area contributed by atoms with Crippen molar-refractivity contribution in [2.75, 3.05) is 11.9 Å². The highest BCUT2D eigenvalue weighted by atomic mass is 32.1. The van der Waals surface area contributed by atoms with Gasteiger partial charge in [0.05, 0.1) is 29.6 Å². The Morgan fingerprint density at radius 3 is 2.67 bits per heavy atom. The van der Waals surface area contributed by atoms with E-state index in [1.165, 1.54) is 17.4 Å². The fourth-order valence-corrected chi connectivity index (χ4v) is 4.34. The molecule has 2 heterocycles. The summed E-state index contributed by atoms with van der Waals surface area (Å²) >= 11 is 1.20. The molecule has 0 unspecified atom stereocenters. The van der Waals surface area contributed by atoms with Gasteiger partial charge in [0.1, 0.15) is 9.71 Å².